The van der Waals surface area contributed by atoms with Crippen LogP contribution in [0, 0.1) is 0 Å². The number of amides is 1. The van der Waals surface area contributed by atoms with Crippen molar-refractivity contribution in [1.29, 1.82) is 0 Å². The summed E-state index contributed by atoms with van der Waals surface area (Å²) in [4.78, 5) is 14.7. The number of likely N-dealkylation sites (tertiary alicyclic amines) is 1. The van der Waals surface area contributed by atoms with Gasteiger partial charge in [0.2, 0.25) is 0 Å². The Morgan fingerprint density at radius 3 is 2.92 bits per heavy atom. The predicted molar refractivity (Wildman–Crippen MR) is 95.5 cm³/mol. The number of H-pyrrole nitrogens is 1. The maximum Gasteiger partial charge on any atom is 0.275 e. The number of para-hydroxylation sites is 1. The van der Waals surface area contributed by atoms with E-state index in [4.69, 9.17) is 0 Å². The van der Waals surface area contributed by atoms with Gasteiger partial charge in [-0.3, -0.25) is 9.89 Å². The quantitative estimate of drug-likeness (QED) is 0.748. The lowest BCUT2D eigenvalue weighted by Crippen LogP contribution is -2.48. The molecule has 0 bridgehead atoms. The summed E-state index contributed by atoms with van der Waals surface area (Å²) < 4.78 is 1.72. The maximum absolute atomic E-state index is 13.0. The van der Waals surface area contributed by atoms with E-state index in [1.54, 1.807) is 15.8 Å². The molecule has 1 aliphatic heterocycles. The molecule has 0 spiro atoms. The predicted octanol–water partition coefficient (Wildman–Crippen LogP) is 1.86. The highest BCUT2D eigenvalue weighted by atomic mass is 16.3. The molecule has 0 saturated carbocycles. The Balaban J connectivity index is 1.60. The molecule has 136 valence electrons. The van der Waals surface area contributed by atoms with E-state index in [9.17, 15) is 9.90 Å². The number of hydrogen-bond acceptors (Lipinski definition) is 5. The molecule has 0 radical (unpaired) electrons. The molecule has 0 aliphatic carbocycles. The van der Waals surface area contributed by atoms with Crippen molar-refractivity contribution in [2.24, 2.45) is 0 Å². The first-order valence-electron chi connectivity index (χ1n) is 8.85. The molecule has 4 rings (SSSR count). The van der Waals surface area contributed by atoms with Gasteiger partial charge in [0.05, 0.1) is 18.3 Å². The van der Waals surface area contributed by atoms with Crippen LogP contribution in [0.5, 0.6) is 0 Å². The van der Waals surface area contributed by atoms with Crippen molar-refractivity contribution in [3.8, 4) is 0 Å². The first kappa shape index (κ1) is 16.7. The van der Waals surface area contributed by atoms with Gasteiger partial charge in [-0.15, -0.1) is 5.10 Å². The number of piperidine rings is 1. The molecular weight excluding hydrogens is 332 g/mol. The number of rotatable bonds is 3. The number of carbonyl (C=O) groups excluding carboxylic acids is 1. The highest BCUT2D eigenvalue weighted by molar-refractivity contribution is 6.04. The van der Waals surface area contributed by atoms with E-state index in [1.807, 2.05) is 38.1 Å². The molecule has 26 heavy (non-hydrogen) atoms. The van der Waals surface area contributed by atoms with Crippen molar-refractivity contribution in [3.05, 3.63) is 41.9 Å². The van der Waals surface area contributed by atoms with Gasteiger partial charge < -0.3 is 10.0 Å². The van der Waals surface area contributed by atoms with Crippen LogP contribution < -0.4 is 0 Å². The van der Waals surface area contributed by atoms with Crippen molar-refractivity contribution < 1.29 is 9.90 Å². The SMILES string of the molecule is CC(C)n1cc([C@@]2(O)CCCN(C(=O)c3n[nH]c4ccccc34)C2)nn1. The molecule has 2 N–H and O–H groups in total. The Morgan fingerprint density at radius 2 is 2.15 bits per heavy atom. The van der Waals surface area contributed by atoms with E-state index in [0.717, 1.165) is 10.9 Å². The number of aromatic amines is 1. The van der Waals surface area contributed by atoms with E-state index < -0.39 is 5.60 Å². The largest absolute Gasteiger partial charge is 0.382 e. The van der Waals surface area contributed by atoms with Gasteiger partial charge in [-0.2, -0.15) is 5.10 Å². The zero-order valence-corrected chi connectivity index (χ0v) is 14.9. The Hall–Kier alpha value is -2.74. The minimum absolute atomic E-state index is 0.164. The number of carbonyl (C=O) groups is 1. The van der Waals surface area contributed by atoms with Crippen molar-refractivity contribution in [1.82, 2.24) is 30.1 Å². The van der Waals surface area contributed by atoms with Crippen molar-refractivity contribution in [2.75, 3.05) is 13.1 Å². The maximum atomic E-state index is 13.0. The second-order valence-electron chi connectivity index (χ2n) is 7.16. The lowest BCUT2D eigenvalue weighted by atomic mass is 9.89. The van der Waals surface area contributed by atoms with Gasteiger partial charge in [-0.1, -0.05) is 23.4 Å². The zero-order chi connectivity index (χ0) is 18.3. The van der Waals surface area contributed by atoms with E-state index in [0.29, 0.717) is 30.8 Å². The number of β-amino-alcohol motifs (C(OH)–C–C–N with tert-alkyl or cyclic N) is 1. The molecule has 3 aromatic rings. The van der Waals surface area contributed by atoms with Crippen molar-refractivity contribution in [3.63, 3.8) is 0 Å². The van der Waals surface area contributed by atoms with Crippen LogP contribution >= 0.6 is 0 Å². The third-order valence-corrected chi connectivity index (χ3v) is 4.95. The summed E-state index contributed by atoms with van der Waals surface area (Å²) >= 11 is 0. The summed E-state index contributed by atoms with van der Waals surface area (Å²) in [6, 6.07) is 7.70. The van der Waals surface area contributed by atoms with Crippen molar-refractivity contribution in [2.45, 2.75) is 38.3 Å². The minimum Gasteiger partial charge on any atom is -0.382 e. The zero-order valence-electron chi connectivity index (χ0n) is 14.9. The molecule has 1 amide bonds. The number of benzene rings is 1. The molecule has 8 heteroatoms. The number of nitrogens with zero attached hydrogens (tertiary/aromatic N) is 5. The Labute approximate surface area is 150 Å². The summed E-state index contributed by atoms with van der Waals surface area (Å²) in [5.74, 6) is -0.183. The minimum atomic E-state index is -1.19. The fourth-order valence-electron chi connectivity index (χ4n) is 3.44. The van der Waals surface area contributed by atoms with Crippen LogP contribution in [-0.2, 0) is 5.60 Å². The molecule has 1 fully saturated rings. The van der Waals surface area contributed by atoms with Crippen molar-refractivity contribution >= 4 is 16.8 Å². The standard InChI is InChI=1S/C18H22N6O2/c1-12(2)24-10-15(20-22-24)18(26)8-5-9-23(11-18)17(25)16-13-6-3-4-7-14(13)19-21-16/h3-4,6-7,10,12,26H,5,8-9,11H2,1-2H3,(H,19,21)/t18-/m1/s1. The molecule has 8 nitrogen and oxygen atoms in total. The van der Waals surface area contributed by atoms with Gasteiger partial charge in [0.1, 0.15) is 11.3 Å². The van der Waals surface area contributed by atoms with Gasteiger partial charge in [-0.05, 0) is 32.8 Å². The van der Waals surface area contributed by atoms with Crippen LogP contribution in [0.2, 0.25) is 0 Å². The molecule has 2 aromatic heterocycles. The van der Waals surface area contributed by atoms with Gasteiger partial charge in [-0.25, -0.2) is 4.68 Å². The van der Waals surface area contributed by atoms with Gasteiger partial charge in [0.15, 0.2) is 5.69 Å². The van der Waals surface area contributed by atoms with Crippen LogP contribution in [0.15, 0.2) is 30.5 Å². The average Bonchev–Trinajstić information content (AvgIpc) is 3.29. The van der Waals surface area contributed by atoms with Crippen LogP contribution in [0.25, 0.3) is 10.9 Å². The summed E-state index contributed by atoms with van der Waals surface area (Å²) in [7, 11) is 0. The number of nitrogens with one attached hydrogen (secondary N) is 1. The summed E-state index contributed by atoms with van der Waals surface area (Å²) in [5, 5.41) is 27.2. The number of aliphatic hydroxyl groups is 1. The van der Waals surface area contributed by atoms with Crippen LogP contribution in [0.4, 0.5) is 0 Å². The van der Waals surface area contributed by atoms with Crippen LogP contribution in [0.1, 0.15) is 48.9 Å². The average molecular weight is 354 g/mol. The van der Waals surface area contributed by atoms with Gasteiger partial charge >= 0.3 is 0 Å². The monoisotopic (exact) mass is 354 g/mol. The first-order chi connectivity index (χ1) is 12.5. The number of aromatic nitrogens is 5. The topological polar surface area (TPSA) is 99.9 Å². The third-order valence-electron chi connectivity index (χ3n) is 4.95. The molecular formula is C18H22N6O2. The fourth-order valence-corrected chi connectivity index (χ4v) is 3.44. The van der Waals surface area contributed by atoms with Crippen LogP contribution in [-0.4, -0.2) is 54.2 Å². The van der Waals surface area contributed by atoms with Gasteiger partial charge in [0.25, 0.3) is 5.91 Å². The normalized spacial score (nSPS) is 20.8. The molecule has 3 heterocycles. The van der Waals surface area contributed by atoms with E-state index >= 15 is 0 Å². The molecule has 1 saturated heterocycles. The Morgan fingerprint density at radius 1 is 1.35 bits per heavy atom. The lowest BCUT2D eigenvalue weighted by molar-refractivity contribution is -0.0321. The third kappa shape index (κ3) is 2.76. The second kappa shape index (κ2) is 6.21. The summed E-state index contributed by atoms with van der Waals surface area (Å²) in [5.41, 5.74) is 0.530. The molecule has 1 aliphatic rings. The first-order valence-corrected chi connectivity index (χ1v) is 8.85. The Kier molecular flexibility index (Phi) is 3.99. The van der Waals surface area contributed by atoms with Gasteiger partial charge in [0, 0.05) is 18.0 Å². The Bertz CT molecular complexity index is 946. The second-order valence-corrected chi connectivity index (χ2v) is 7.16. The van der Waals surface area contributed by atoms with E-state index in [2.05, 4.69) is 20.5 Å². The lowest BCUT2D eigenvalue weighted by Gasteiger charge is -2.37. The summed E-state index contributed by atoms with van der Waals surface area (Å²) in [6.07, 6.45) is 3.01. The highest BCUT2D eigenvalue weighted by Crippen LogP contribution is 2.31. The fraction of sp³-hybridized carbons (Fsp3) is 0.444. The molecule has 1 aromatic carbocycles. The van der Waals surface area contributed by atoms with E-state index in [-0.39, 0.29) is 18.5 Å². The smallest absolute Gasteiger partial charge is 0.275 e. The summed E-state index contributed by atoms with van der Waals surface area (Å²) in [6.45, 7) is 4.77. The van der Waals surface area contributed by atoms with Crippen LogP contribution in [0.3, 0.4) is 0 Å². The molecule has 0 unspecified atom stereocenters. The van der Waals surface area contributed by atoms with E-state index in [1.165, 1.54) is 0 Å². The molecule has 1 atom stereocenters. The number of fused-ring (bicyclic) bond motifs is 1. The highest BCUT2D eigenvalue weighted by Gasteiger charge is 2.40. The number of hydrogen-bond donors (Lipinski definition) is 2.